The van der Waals surface area contributed by atoms with Crippen molar-refractivity contribution in [2.24, 2.45) is 5.73 Å². The molecule has 4 heteroatoms. The summed E-state index contributed by atoms with van der Waals surface area (Å²) in [7, 11) is 0. The van der Waals surface area contributed by atoms with E-state index >= 15 is 0 Å². The van der Waals surface area contributed by atoms with Crippen LogP contribution < -0.4 is 5.73 Å². The summed E-state index contributed by atoms with van der Waals surface area (Å²) >= 11 is 5.31. The number of primary amides is 1. The molecule has 0 heterocycles. The fourth-order valence-corrected chi connectivity index (χ4v) is 1.83. The molecule has 0 aromatic heterocycles. The topological polar surface area (TPSA) is 52.3 Å². The van der Waals surface area contributed by atoms with Gasteiger partial charge in [0.25, 0.3) is 0 Å². The van der Waals surface area contributed by atoms with E-state index in [1.165, 1.54) is 0 Å². The van der Waals surface area contributed by atoms with E-state index in [1.54, 1.807) is 0 Å². The maximum absolute atomic E-state index is 10.6. The molecule has 0 atom stereocenters. The van der Waals surface area contributed by atoms with E-state index in [4.69, 9.17) is 22.1 Å². The number of rotatable bonds is 1. The Kier molecular flexibility index (Phi) is 3.44. The van der Waals surface area contributed by atoms with E-state index in [-0.39, 0.29) is 0 Å². The molecule has 1 rings (SSSR count). The second-order valence-corrected chi connectivity index (χ2v) is 3.38. The Hall–Kier alpha value is -0.880. The predicted octanol–water partition coefficient (Wildman–Crippen LogP) is 1.98. The summed E-state index contributed by atoms with van der Waals surface area (Å²) in [5.74, 6) is 2.72. The molecule has 1 saturated carbocycles. The van der Waals surface area contributed by atoms with Crippen LogP contribution in [0.1, 0.15) is 32.1 Å². The summed E-state index contributed by atoms with van der Waals surface area (Å²) in [6.07, 6.45) is 3.83. The number of hydrogen-bond acceptors (Lipinski definition) is 2. The maximum atomic E-state index is 10.6. The lowest BCUT2D eigenvalue weighted by Gasteiger charge is -2.30. The summed E-state index contributed by atoms with van der Waals surface area (Å²) in [6, 6.07) is 0. The molecule has 0 aliphatic heterocycles. The number of hydrogen-bond donors (Lipinski definition) is 1. The SMILES string of the molecule is NC(=O)OC1(C#CCl)CCCCC1. The molecule has 1 aliphatic carbocycles. The molecule has 72 valence electrons. The fraction of sp³-hybridized carbons (Fsp3) is 0.667. The van der Waals surface area contributed by atoms with E-state index in [0.29, 0.717) is 0 Å². The minimum atomic E-state index is -0.777. The molecular formula is C9H12ClNO2. The zero-order valence-corrected chi connectivity index (χ0v) is 8.06. The Morgan fingerprint density at radius 2 is 2.00 bits per heavy atom. The first-order valence-electron chi connectivity index (χ1n) is 4.30. The van der Waals surface area contributed by atoms with Crippen LogP contribution in [0, 0.1) is 11.3 Å². The van der Waals surface area contributed by atoms with E-state index in [0.717, 1.165) is 32.1 Å². The molecule has 1 fully saturated rings. The molecule has 0 radical (unpaired) electrons. The highest BCUT2D eigenvalue weighted by Gasteiger charge is 2.33. The lowest BCUT2D eigenvalue weighted by atomic mass is 9.85. The minimum absolute atomic E-state index is 0.716. The molecule has 0 aromatic rings. The van der Waals surface area contributed by atoms with Gasteiger partial charge in [0.05, 0.1) is 0 Å². The van der Waals surface area contributed by atoms with Crippen LogP contribution in [0.5, 0.6) is 0 Å². The van der Waals surface area contributed by atoms with E-state index in [2.05, 4.69) is 11.3 Å². The van der Waals surface area contributed by atoms with Crippen LogP contribution >= 0.6 is 11.6 Å². The lowest BCUT2D eigenvalue weighted by molar-refractivity contribution is 0.0334. The van der Waals surface area contributed by atoms with Crippen LogP contribution in [-0.4, -0.2) is 11.7 Å². The van der Waals surface area contributed by atoms with Gasteiger partial charge in [0.15, 0.2) is 5.60 Å². The average molecular weight is 202 g/mol. The van der Waals surface area contributed by atoms with Gasteiger partial charge in [-0.2, -0.15) is 0 Å². The van der Waals surface area contributed by atoms with Crippen molar-refractivity contribution in [3.8, 4) is 11.3 Å². The van der Waals surface area contributed by atoms with Crippen molar-refractivity contribution in [3.05, 3.63) is 0 Å². The van der Waals surface area contributed by atoms with E-state index in [9.17, 15) is 4.79 Å². The lowest BCUT2D eigenvalue weighted by Crippen LogP contribution is -2.37. The third-order valence-electron chi connectivity index (χ3n) is 2.23. The highest BCUT2D eigenvalue weighted by Crippen LogP contribution is 2.31. The van der Waals surface area contributed by atoms with Crippen LogP contribution in [-0.2, 0) is 4.74 Å². The number of halogens is 1. The smallest absolute Gasteiger partial charge is 0.406 e. The van der Waals surface area contributed by atoms with Gasteiger partial charge in [-0.15, -0.1) is 0 Å². The van der Waals surface area contributed by atoms with Gasteiger partial charge in [0.1, 0.15) is 0 Å². The van der Waals surface area contributed by atoms with Gasteiger partial charge >= 0.3 is 6.09 Å². The van der Waals surface area contributed by atoms with Crippen LogP contribution in [0.3, 0.4) is 0 Å². The summed E-state index contributed by atoms with van der Waals surface area (Å²) < 4.78 is 5.00. The molecule has 0 unspecified atom stereocenters. The van der Waals surface area contributed by atoms with Gasteiger partial charge in [-0.25, -0.2) is 4.79 Å². The van der Waals surface area contributed by atoms with Crippen LogP contribution in [0.25, 0.3) is 0 Å². The van der Waals surface area contributed by atoms with Gasteiger partial charge in [-0.05, 0) is 43.2 Å². The number of nitrogens with two attached hydrogens (primary N) is 1. The van der Waals surface area contributed by atoms with Gasteiger partial charge < -0.3 is 10.5 Å². The van der Waals surface area contributed by atoms with E-state index < -0.39 is 11.7 Å². The van der Waals surface area contributed by atoms with Gasteiger partial charge in [-0.1, -0.05) is 6.42 Å². The molecule has 0 bridgehead atoms. The molecule has 1 aliphatic rings. The number of carbonyl (C=O) groups excluding carboxylic acids is 1. The van der Waals surface area contributed by atoms with Crippen molar-refractivity contribution in [1.82, 2.24) is 0 Å². The number of carbonyl (C=O) groups is 1. The third-order valence-corrected chi connectivity index (χ3v) is 2.33. The zero-order valence-electron chi connectivity index (χ0n) is 7.31. The Morgan fingerprint density at radius 3 is 2.46 bits per heavy atom. The number of amides is 1. The number of ether oxygens (including phenoxy) is 1. The summed E-state index contributed by atoms with van der Waals surface area (Å²) in [5, 5.41) is 2.27. The quantitative estimate of drug-likeness (QED) is 0.660. The monoisotopic (exact) mass is 201 g/mol. The Labute approximate surface area is 82.6 Å². The van der Waals surface area contributed by atoms with Crippen LogP contribution in [0.4, 0.5) is 4.79 Å². The van der Waals surface area contributed by atoms with Gasteiger partial charge in [-0.3, -0.25) is 0 Å². The normalized spacial score (nSPS) is 19.8. The van der Waals surface area contributed by atoms with Crippen molar-refractivity contribution >= 4 is 17.7 Å². The van der Waals surface area contributed by atoms with Gasteiger partial charge in [0, 0.05) is 5.38 Å². The minimum Gasteiger partial charge on any atom is -0.430 e. The summed E-state index contributed by atoms with van der Waals surface area (Å²) in [6.45, 7) is 0. The molecule has 0 spiro atoms. The highest BCUT2D eigenvalue weighted by atomic mass is 35.5. The van der Waals surface area contributed by atoms with Crippen molar-refractivity contribution in [3.63, 3.8) is 0 Å². The Morgan fingerprint density at radius 1 is 1.38 bits per heavy atom. The summed E-state index contributed by atoms with van der Waals surface area (Å²) in [5.41, 5.74) is 4.25. The third kappa shape index (κ3) is 2.82. The van der Waals surface area contributed by atoms with E-state index in [1.807, 2.05) is 0 Å². The average Bonchev–Trinajstić information content (AvgIpc) is 2.04. The molecule has 1 amide bonds. The molecule has 13 heavy (non-hydrogen) atoms. The highest BCUT2D eigenvalue weighted by molar-refractivity contribution is 6.30. The van der Waals surface area contributed by atoms with Crippen molar-refractivity contribution in [1.29, 1.82) is 0 Å². The molecular weight excluding hydrogens is 190 g/mol. The second kappa shape index (κ2) is 4.38. The first-order chi connectivity index (χ1) is 6.18. The summed E-state index contributed by atoms with van der Waals surface area (Å²) in [4.78, 5) is 10.6. The Balaban J connectivity index is 2.70. The van der Waals surface area contributed by atoms with Crippen LogP contribution in [0.15, 0.2) is 0 Å². The fourth-order valence-electron chi connectivity index (χ4n) is 1.65. The standard InChI is InChI=1S/C9H12ClNO2/c10-7-6-9(13-8(11)12)4-2-1-3-5-9/h1-5H2,(H2,11,12). The van der Waals surface area contributed by atoms with Crippen LogP contribution in [0.2, 0.25) is 0 Å². The molecule has 3 nitrogen and oxygen atoms in total. The van der Waals surface area contributed by atoms with Crippen molar-refractivity contribution in [2.45, 2.75) is 37.7 Å². The molecule has 0 aromatic carbocycles. The molecule has 2 N–H and O–H groups in total. The van der Waals surface area contributed by atoms with Crippen molar-refractivity contribution in [2.75, 3.05) is 0 Å². The first kappa shape index (κ1) is 10.2. The molecule has 0 saturated heterocycles. The largest absolute Gasteiger partial charge is 0.430 e. The second-order valence-electron chi connectivity index (χ2n) is 3.20. The maximum Gasteiger partial charge on any atom is 0.406 e. The Bertz CT molecular complexity index is 248. The van der Waals surface area contributed by atoms with Gasteiger partial charge in [0.2, 0.25) is 0 Å². The predicted molar refractivity (Wildman–Crippen MR) is 50.1 cm³/mol. The first-order valence-corrected chi connectivity index (χ1v) is 4.68. The zero-order chi connectivity index (χ0) is 9.73. The van der Waals surface area contributed by atoms with Crippen molar-refractivity contribution < 1.29 is 9.53 Å².